The van der Waals surface area contributed by atoms with Crippen LogP contribution < -0.4 is 5.32 Å². The third kappa shape index (κ3) is 5.08. The summed E-state index contributed by atoms with van der Waals surface area (Å²) in [6.45, 7) is 2.70. The highest BCUT2D eigenvalue weighted by atomic mass is 35.5. The molecule has 0 aliphatic heterocycles. The van der Waals surface area contributed by atoms with Gasteiger partial charge in [0.05, 0.1) is 11.4 Å². The van der Waals surface area contributed by atoms with Crippen molar-refractivity contribution in [2.75, 3.05) is 11.1 Å². The third-order valence-corrected chi connectivity index (χ3v) is 5.05. The van der Waals surface area contributed by atoms with Crippen LogP contribution in [0.2, 0.25) is 5.02 Å². The lowest BCUT2D eigenvalue weighted by Crippen LogP contribution is -2.15. The molecule has 5 nitrogen and oxygen atoms in total. The van der Waals surface area contributed by atoms with Crippen LogP contribution in [0.15, 0.2) is 53.7 Å². The lowest BCUT2D eigenvalue weighted by molar-refractivity contribution is -0.113. The van der Waals surface area contributed by atoms with Gasteiger partial charge in [-0.05, 0) is 30.7 Å². The van der Waals surface area contributed by atoms with Crippen molar-refractivity contribution < 1.29 is 9.18 Å². The zero-order chi connectivity index (χ0) is 19.2. The van der Waals surface area contributed by atoms with Gasteiger partial charge in [-0.3, -0.25) is 4.79 Å². The second kappa shape index (κ2) is 9.01. The van der Waals surface area contributed by atoms with Gasteiger partial charge < -0.3 is 9.88 Å². The van der Waals surface area contributed by atoms with E-state index < -0.39 is 5.82 Å². The van der Waals surface area contributed by atoms with Crippen LogP contribution >= 0.6 is 23.4 Å². The number of nitrogens with one attached hydrogen (secondary N) is 1. The van der Waals surface area contributed by atoms with Crippen LogP contribution in [0, 0.1) is 5.82 Å². The highest BCUT2D eigenvalue weighted by molar-refractivity contribution is 7.99. The summed E-state index contributed by atoms with van der Waals surface area (Å²) in [5, 5.41) is 11.9. The Kier molecular flexibility index (Phi) is 6.47. The average molecular weight is 405 g/mol. The van der Waals surface area contributed by atoms with Crippen LogP contribution in [0.3, 0.4) is 0 Å². The molecule has 3 aromatic rings. The quantitative estimate of drug-likeness (QED) is 0.592. The summed E-state index contributed by atoms with van der Waals surface area (Å²) in [6.07, 6.45) is 0.671. The fourth-order valence-corrected chi connectivity index (χ4v) is 3.54. The van der Waals surface area contributed by atoms with E-state index in [1.54, 1.807) is 0 Å². The number of rotatable bonds is 7. The number of hydrogen-bond donors (Lipinski definition) is 1. The first-order valence-corrected chi connectivity index (χ1v) is 9.77. The van der Waals surface area contributed by atoms with Gasteiger partial charge in [0.25, 0.3) is 0 Å². The zero-order valence-corrected chi connectivity index (χ0v) is 16.2. The van der Waals surface area contributed by atoms with E-state index >= 15 is 0 Å². The van der Waals surface area contributed by atoms with Crippen LogP contribution in [0.1, 0.15) is 18.3 Å². The molecular weight excluding hydrogens is 387 g/mol. The predicted molar refractivity (Wildman–Crippen MR) is 106 cm³/mol. The number of amides is 1. The smallest absolute Gasteiger partial charge is 0.234 e. The first-order valence-electron chi connectivity index (χ1n) is 8.40. The van der Waals surface area contributed by atoms with Crippen molar-refractivity contribution >= 4 is 35.0 Å². The molecule has 1 heterocycles. The Labute approximate surface area is 166 Å². The molecule has 1 amide bonds. The predicted octanol–water partition coefficient (Wildman–Crippen LogP) is 4.41. The maximum Gasteiger partial charge on any atom is 0.234 e. The molecule has 27 heavy (non-hydrogen) atoms. The van der Waals surface area contributed by atoms with Gasteiger partial charge in [-0.2, -0.15) is 0 Å². The molecule has 8 heteroatoms. The van der Waals surface area contributed by atoms with E-state index in [0.717, 1.165) is 17.5 Å². The number of nitrogens with zero attached hydrogens (tertiary/aromatic N) is 3. The Bertz CT molecular complexity index is 933. The molecule has 0 saturated carbocycles. The Morgan fingerprint density at radius 3 is 2.70 bits per heavy atom. The summed E-state index contributed by atoms with van der Waals surface area (Å²) in [5.74, 6) is 0.0560. The van der Waals surface area contributed by atoms with Gasteiger partial charge in [-0.15, -0.1) is 10.2 Å². The van der Waals surface area contributed by atoms with E-state index in [1.165, 1.54) is 23.9 Å². The molecule has 0 aliphatic carbocycles. The first kappa shape index (κ1) is 19.4. The topological polar surface area (TPSA) is 59.8 Å². The van der Waals surface area contributed by atoms with Gasteiger partial charge in [0.2, 0.25) is 5.91 Å². The largest absolute Gasteiger partial charge is 0.323 e. The van der Waals surface area contributed by atoms with E-state index in [1.807, 2.05) is 41.8 Å². The van der Waals surface area contributed by atoms with Crippen molar-refractivity contribution in [3.63, 3.8) is 0 Å². The molecule has 0 radical (unpaired) electrons. The van der Waals surface area contributed by atoms with Gasteiger partial charge in [0, 0.05) is 18.0 Å². The normalized spacial score (nSPS) is 10.8. The van der Waals surface area contributed by atoms with Crippen molar-refractivity contribution in [2.45, 2.75) is 25.0 Å². The summed E-state index contributed by atoms with van der Waals surface area (Å²) in [7, 11) is 0. The van der Waals surface area contributed by atoms with Gasteiger partial charge in [0.1, 0.15) is 11.6 Å². The molecule has 140 valence electrons. The number of carbonyl (C=O) groups excluding carboxylic acids is 1. The molecule has 0 fully saturated rings. The van der Waals surface area contributed by atoms with Gasteiger partial charge >= 0.3 is 0 Å². The van der Waals surface area contributed by atoms with E-state index in [-0.39, 0.29) is 22.4 Å². The minimum absolute atomic E-state index is 0.103. The molecule has 2 aromatic carbocycles. The zero-order valence-electron chi connectivity index (χ0n) is 14.7. The van der Waals surface area contributed by atoms with Crippen LogP contribution in [0.4, 0.5) is 10.1 Å². The SMILES string of the molecule is CCn1c(Cc2ccccc2)nnc1SCC(=O)Nc1ccc(Cl)cc1F. The minimum atomic E-state index is -0.567. The molecule has 0 saturated heterocycles. The maximum atomic E-state index is 13.8. The van der Waals surface area contributed by atoms with Gasteiger partial charge in [0.15, 0.2) is 5.16 Å². The summed E-state index contributed by atoms with van der Waals surface area (Å²) in [6, 6.07) is 14.1. The van der Waals surface area contributed by atoms with E-state index in [9.17, 15) is 9.18 Å². The van der Waals surface area contributed by atoms with Crippen molar-refractivity contribution in [1.82, 2.24) is 14.8 Å². The Morgan fingerprint density at radius 1 is 1.22 bits per heavy atom. The molecule has 1 aromatic heterocycles. The highest BCUT2D eigenvalue weighted by Crippen LogP contribution is 2.21. The average Bonchev–Trinajstić information content (AvgIpc) is 3.04. The van der Waals surface area contributed by atoms with E-state index in [0.29, 0.717) is 18.1 Å². The molecule has 0 unspecified atom stereocenters. The van der Waals surface area contributed by atoms with Gasteiger partial charge in [-0.1, -0.05) is 53.7 Å². The number of aromatic nitrogens is 3. The number of thioether (sulfide) groups is 1. The van der Waals surface area contributed by atoms with Crippen molar-refractivity contribution in [3.05, 3.63) is 70.8 Å². The molecule has 0 spiro atoms. The molecule has 0 atom stereocenters. The van der Waals surface area contributed by atoms with Crippen molar-refractivity contribution in [1.29, 1.82) is 0 Å². The molecular formula is C19H18ClFN4OS. The summed E-state index contributed by atoms with van der Waals surface area (Å²) >= 11 is 6.98. The first-order chi connectivity index (χ1) is 13.1. The minimum Gasteiger partial charge on any atom is -0.323 e. The molecule has 3 rings (SSSR count). The fourth-order valence-electron chi connectivity index (χ4n) is 2.56. The standard InChI is InChI=1S/C19H18ClFN4OS/c1-2-25-17(10-13-6-4-3-5-7-13)23-24-19(25)27-12-18(26)22-16-9-8-14(20)11-15(16)21/h3-9,11H,2,10,12H2,1H3,(H,22,26). The highest BCUT2D eigenvalue weighted by Gasteiger charge is 2.14. The number of carbonyl (C=O) groups is 1. The summed E-state index contributed by atoms with van der Waals surface area (Å²) < 4.78 is 15.8. The third-order valence-electron chi connectivity index (χ3n) is 3.85. The number of halogens is 2. The summed E-state index contributed by atoms with van der Waals surface area (Å²) in [5.41, 5.74) is 1.25. The molecule has 1 N–H and O–H groups in total. The van der Waals surface area contributed by atoms with Crippen LogP contribution in [-0.4, -0.2) is 26.4 Å². The Morgan fingerprint density at radius 2 is 2.00 bits per heavy atom. The van der Waals surface area contributed by atoms with Crippen LogP contribution in [0.5, 0.6) is 0 Å². The monoisotopic (exact) mass is 404 g/mol. The second-order valence-corrected chi connectivity index (χ2v) is 7.15. The Balaban J connectivity index is 1.63. The van der Waals surface area contributed by atoms with E-state index in [4.69, 9.17) is 11.6 Å². The Hall–Kier alpha value is -2.38. The summed E-state index contributed by atoms with van der Waals surface area (Å²) in [4.78, 5) is 12.1. The number of benzene rings is 2. The molecule has 0 aliphatic rings. The maximum absolute atomic E-state index is 13.8. The van der Waals surface area contributed by atoms with Crippen molar-refractivity contribution in [3.8, 4) is 0 Å². The number of anilines is 1. The second-order valence-electron chi connectivity index (χ2n) is 5.77. The van der Waals surface area contributed by atoms with Crippen LogP contribution in [-0.2, 0) is 17.8 Å². The van der Waals surface area contributed by atoms with E-state index in [2.05, 4.69) is 15.5 Å². The number of hydrogen-bond acceptors (Lipinski definition) is 4. The fraction of sp³-hybridized carbons (Fsp3) is 0.211. The lowest BCUT2D eigenvalue weighted by atomic mass is 10.1. The van der Waals surface area contributed by atoms with Crippen molar-refractivity contribution in [2.24, 2.45) is 0 Å². The molecule has 0 bridgehead atoms. The lowest BCUT2D eigenvalue weighted by Gasteiger charge is -2.08. The van der Waals surface area contributed by atoms with Gasteiger partial charge in [-0.25, -0.2) is 4.39 Å². The van der Waals surface area contributed by atoms with Crippen LogP contribution in [0.25, 0.3) is 0 Å².